The molecule has 0 spiro atoms. The Morgan fingerprint density at radius 3 is 2.74 bits per heavy atom. The van der Waals surface area contributed by atoms with Crippen LogP contribution in [0.5, 0.6) is 0 Å². The van der Waals surface area contributed by atoms with Gasteiger partial charge >= 0.3 is 0 Å². The van der Waals surface area contributed by atoms with Crippen LogP contribution < -0.4 is 5.32 Å². The summed E-state index contributed by atoms with van der Waals surface area (Å²) < 4.78 is 23.5. The van der Waals surface area contributed by atoms with Crippen LogP contribution in [0.3, 0.4) is 0 Å². The Morgan fingerprint density at radius 2 is 2.21 bits per heavy atom. The van der Waals surface area contributed by atoms with Crippen LogP contribution >= 0.6 is 11.3 Å². The van der Waals surface area contributed by atoms with Crippen LogP contribution in [0.25, 0.3) is 0 Å². The Bertz CT molecular complexity index is 525. The van der Waals surface area contributed by atoms with E-state index in [4.69, 9.17) is 0 Å². The number of nitrogens with one attached hydrogen (secondary N) is 1. The summed E-state index contributed by atoms with van der Waals surface area (Å²) >= 11 is 1.70. The summed E-state index contributed by atoms with van der Waals surface area (Å²) in [5, 5.41) is 4.24. The van der Waals surface area contributed by atoms with Gasteiger partial charge in [0, 0.05) is 23.4 Å². The van der Waals surface area contributed by atoms with Crippen LogP contribution in [0.4, 0.5) is 0 Å². The van der Waals surface area contributed by atoms with Gasteiger partial charge in [0.2, 0.25) is 0 Å². The van der Waals surface area contributed by atoms with Crippen LogP contribution in [-0.2, 0) is 9.84 Å². The Balaban J connectivity index is 2.15. The molecular weight excluding hydrogens is 280 g/mol. The van der Waals surface area contributed by atoms with Crippen molar-refractivity contribution in [1.29, 1.82) is 0 Å². The summed E-state index contributed by atoms with van der Waals surface area (Å²) in [5.41, 5.74) is 0. The van der Waals surface area contributed by atoms with Crippen molar-refractivity contribution < 1.29 is 8.42 Å². The molecule has 0 bridgehead atoms. The predicted molar refractivity (Wildman–Crippen MR) is 79.2 cm³/mol. The summed E-state index contributed by atoms with van der Waals surface area (Å²) in [5.74, 6) is 0.387. The maximum absolute atomic E-state index is 11.8. The fourth-order valence-electron chi connectivity index (χ4n) is 3.00. The normalized spacial score (nSPS) is 26.3. The Kier molecular flexibility index (Phi) is 4.63. The van der Waals surface area contributed by atoms with Gasteiger partial charge in [0.25, 0.3) is 0 Å². The van der Waals surface area contributed by atoms with E-state index in [1.165, 1.54) is 11.1 Å². The molecule has 19 heavy (non-hydrogen) atoms. The second kappa shape index (κ2) is 5.89. The molecule has 1 aliphatic carbocycles. The van der Waals surface area contributed by atoms with Gasteiger partial charge in [0.1, 0.15) is 9.84 Å². The number of hydrogen-bond acceptors (Lipinski definition) is 5. The number of hydrogen-bond donors (Lipinski definition) is 1. The molecule has 1 aromatic heterocycles. The van der Waals surface area contributed by atoms with E-state index in [1.54, 1.807) is 11.3 Å². The number of sulfone groups is 1. The van der Waals surface area contributed by atoms with Crippen molar-refractivity contribution in [3.8, 4) is 0 Å². The molecular formula is C13H22N2O2S2. The van der Waals surface area contributed by atoms with Gasteiger partial charge in [0.15, 0.2) is 0 Å². The first-order valence-corrected chi connectivity index (χ1v) is 9.47. The molecule has 1 saturated carbocycles. The highest BCUT2D eigenvalue weighted by atomic mass is 32.2. The second-order valence-electron chi connectivity index (χ2n) is 5.43. The van der Waals surface area contributed by atoms with Gasteiger partial charge in [0.05, 0.1) is 10.3 Å². The summed E-state index contributed by atoms with van der Waals surface area (Å²) in [6.07, 6.45) is 6.96. The minimum Gasteiger partial charge on any atom is -0.312 e. The number of rotatable bonds is 4. The zero-order valence-electron chi connectivity index (χ0n) is 11.7. The molecule has 4 nitrogen and oxygen atoms in total. The predicted octanol–water partition coefficient (Wildman–Crippen LogP) is 2.32. The fraction of sp³-hybridized carbons (Fsp3) is 0.769. The lowest BCUT2D eigenvalue weighted by atomic mass is 9.83. The van der Waals surface area contributed by atoms with Crippen molar-refractivity contribution in [1.82, 2.24) is 10.3 Å². The first-order chi connectivity index (χ1) is 8.91. The highest BCUT2D eigenvalue weighted by Gasteiger charge is 2.33. The van der Waals surface area contributed by atoms with Gasteiger partial charge in [-0.1, -0.05) is 6.42 Å². The molecule has 0 aliphatic heterocycles. The highest BCUT2D eigenvalue weighted by molar-refractivity contribution is 7.91. The van der Waals surface area contributed by atoms with Crippen molar-refractivity contribution in [3.05, 3.63) is 16.1 Å². The van der Waals surface area contributed by atoms with Crippen LogP contribution in [0, 0.1) is 12.8 Å². The van der Waals surface area contributed by atoms with Crippen molar-refractivity contribution in [2.45, 2.75) is 43.9 Å². The first kappa shape index (κ1) is 14.9. The zero-order valence-corrected chi connectivity index (χ0v) is 13.4. The van der Waals surface area contributed by atoms with Gasteiger partial charge in [-0.05, 0) is 39.2 Å². The third-order valence-electron chi connectivity index (χ3n) is 4.00. The minimum absolute atomic E-state index is 0.170. The van der Waals surface area contributed by atoms with E-state index in [0.717, 1.165) is 30.7 Å². The topological polar surface area (TPSA) is 59.1 Å². The van der Waals surface area contributed by atoms with E-state index >= 15 is 0 Å². The molecule has 0 amide bonds. The van der Waals surface area contributed by atoms with Gasteiger partial charge in [-0.3, -0.25) is 0 Å². The van der Waals surface area contributed by atoms with E-state index in [1.807, 2.05) is 20.2 Å². The van der Waals surface area contributed by atoms with Gasteiger partial charge in [-0.25, -0.2) is 13.4 Å². The molecule has 1 fully saturated rings. The molecule has 1 heterocycles. The lowest BCUT2D eigenvalue weighted by Crippen LogP contribution is -2.34. The number of nitrogens with zero attached hydrogens (tertiary/aromatic N) is 1. The Hall–Kier alpha value is -0.460. The fourth-order valence-corrected chi connectivity index (χ4v) is 5.19. The van der Waals surface area contributed by atoms with E-state index in [2.05, 4.69) is 10.3 Å². The van der Waals surface area contributed by atoms with E-state index in [0.29, 0.717) is 5.92 Å². The summed E-state index contributed by atoms with van der Waals surface area (Å²) in [6, 6.07) is 0.232. The number of aromatic nitrogens is 1. The quantitative estimate of drug-likeness (QED) is 0.927. The maximum Gasteiger partial charge on any atom is 0.150 e. The van der Waals surface area contributed by atoms with Crippen molar-refractivity contribution in [3.63, 3.8) is 0 Å². The van der Waals surface area contributed by atoms with E-state index in [9.17, 15) is 8.42 Å². The van der Waals surface area contributed by atoms with Crippen LogP contribution in [0.15, 0.2) is 6.20 Å². The molecule has 3 atom stereocenters. The number of thiazole rings is 1. The second-order valence-corrected chi connectivity index (χ2v) is 9.02. The zero-order chi connectivity index (χ0) is 14.0. The smallest absolute Gasteiger partial charge is 0.150 e. The average molecular weight is 302 g/mol. The third kappa shape index (κ3) is 3.55. The van der Waals surface area contributed by atoms with Gasteiger partial charge in [-0.15, -0.1) is 11.3 Å². The van der Waals surface area contributed by atoms with Crippen LogP contribution in [-0.4, -0.2) is 32.0 Å². The van der Waals surface area contributed by atoms with Crippen LogP contribution in [0.1, 0.15) is 41.6 Å². The third-order valence-corrected chi connectivity index (χ3v) is 6.64. The Labute approximate surface area is 119 Å². The molecule has 0 radical (unpaired) electrons. The molecule has 3 unspecified atom stereocenters. The highest BCUT2D eigenvalue weighted by Crippen LogP contribution is 2.38. The molecule has 108 valence electrons. The first-order valence-electron chi connectivity index (χ1n) is 6.70. The molecule has 1 aliphatic rings. The maximum atomic E-state index is 11.8. The lowest BCUT2D eigenvalue weighted by Gasteiger charge is -2.33. The van der Waals surface area contributed by atoms with Crippen molar-refractivity contribution >= 4 is 21.2 Å². The molecule has 1 N–H and O–H groups in total. The minimum atomic E-state index is -2.92. The van der Waals surface area contributed by atoms with Crippen molar-refractivity contribution in [2.75, 3.05) is 13.3 Å². The standard InChI is InChI=1S/C13H22N2O2S2/c1-9-15-8-12(18-9)13(14-2)10-5-4-6-11(7-10)19(3,16)17/h8,10-11,13-14H,4-7H2,1-3H3. The van der Waals surface area contributed by atoms with Crippen molar-refractivity contribution in [2.24, 2.45) is 5.92 Å². The number of aryl methyl sites for hydroxylation is 1. The summed E-state index contributed by atoms with van der Waals surface area (Å²) in [6.45, 7) is 2.00. The monoisotopic (exact) mass is 302 g/mol. The molecule has 1 aromatic rings. The summed E-state index contributed by atoms with van der Waals surface area (Å²) in [7, 11) is -0.969. The average Bonchev–Trinajstić information content (AvgIpc) is 2.76. The van der Waals surface area contributed by atoms with E-state index in [-0.39, 0.29) is 11.3 Å². The Morgan fingerprint density at radius 1 is 1.47 bits per heavy atom. The summed E-state index contributed by atoms with van der Waals surface area (Å²) in [4.78, 5) is 5.53. The molecule has 0 saturated heterocycles. The molecule has 0 aromatic carbocycles. The van der Waals surface area contributed by atoms with Gasteiger partial charge in [-0.2, -0.15) is 0 Å². The van der Waals surface area contributed by atoms with E-state index < -0.39 is 9.84 Å². The molecule has 2 rings (SSSR count). The SMILES string of the molecule is CNC(c1cnc(C)s1)C1CCCC(S(C)(=O)=O)C1. The molecule has 6 heteroatoms. The van der Waals surface area contributed by atoms with Crippen LogP contribution in [0.2, 0.25) is 0 Å². The van der Waals surface area contributed by atoms with Gasteiger partial charge < -0.3 is 5.32 Å². The largest absolute Gasteiger partial charge is 0.312 e. The lowest BCUT2D eigenvalue weighted by molar-refractivity contribution is 0.285.